The van der Waals surface area contributed by atoms with E-state index in [1.807, 2.05) is 79.7 Å². The van der Waals surface area contributed by atoms with Crippen molar-refractivity contribution in [1.82, 2.24) is 0 Å². The van der Waals surface area contributed by atoms with Crippen LogP contribution in [0.1, 0.15) is 23.6 Å². The van der Waals surface area contributed by atoms with Crippen molar-refractivity contribution in [3.05, 3.63) is 102 Å². The van der Waals surface area contributed by atoms with Crippen LogP contribution < -0.4 is 9.47 Å². The molecule has 0 heterocycles. The van der Waals surface area contributed by atoms with Crippen molar-refractivity contribution < 1.29 is 9.47 Å². The van der Waals surface area contributed by atoms with Crippen LogP contribution in [0.5, 0.6) is 11.5 Å². The van der Waals surface area contributed by atoms with Gasteiger partial charge in [-0.2, -0.15) is 0 Å². The van der Waals surface area contributed by atoms with Crippen LogP contribution in [0.4, 0.5) is 0 Å². The standard InChI is InChI=1S/C23H21O2/c1-18(2)22-14-13-21(24-16-19-9-5-3-6-10-19)15-23(22)25-17-20-11-7-4-8-12-20/h3-12,14-15H,1,16-17H2,2H3. The zero-order chi connectivity index (χ0) is 17.5. The summed E-state index contributed by atoms with van der Waals surface area (Å²) < 4.78 is 11.9. The molecule has 0 aliphatic rings. The molecule has 0 bridgehead atoms. The molecule has 0 aliphatic heterocycles. The zero-order valence-corrected chi connectivity index (χ0v) is 14.4. The molecule has 0 saturated heterocycles. The largest absolute Gasteiger partial charge is 0.488 e. The third-order valence-electron chi connectivity index (χ3n) is 3.82. The lowest BCUT2D eigenvalue weighted by atomic mass is 10.1. The van der Waals surface area contributed by atoms with E-state index in [1.165, 1.54) is 0 Å². The van der Waals surface area contributed by atoms with E-state index < -0.39 is 0 Å². The number of benzene rings is 3. The summed E-state index contributed by atoms with van der Waals surface area (Å²) in [6, 6.07) is 27.1. The second kappa shape index (κ2) is 8.20. The van der Waals surface area contributed by atoms with E-state index in [0.29, 0.717) is 19.0 Å². The summed E-state index contributed by atoms with van der Waals surface area (Å²) in [5, 5.41) is 0. The normalized spacial score (nSPS) is 10.3. The molecule has 25 heavy (non-hydrogen) atoms. The predicted molar refractivity (Wildman–Crippen MR) is 102 cm³/mol. The lowest BCUT2D eigenvalue weighted by molar-refractivity contribution is 0.289. The summed E-state index contributed by atoms with van der Waals surface area (Å²) >= 11 is 0. The smallest absolute Gasteiger partial charge is 0.131 e. The molecular formula is C23H21O2. The Morgan fingerprint density at radius 2 is 1.44 bits per heavy atom. The van der Waals surface area contributed by atoms with Crippen molar-refractivity contribution in [2.24, 2.45) is 0 Å². The van der Waals surface area contributed by atoms with E-state index in [4.69, 9.17) is 9.47 Å². The predicted octanol–water partition coefficient (Wildman–Crippen LogP) is 5.68. The molecular weight excluding hydrogens is 308 g/mol. The SMILES string of the molecule is C=C(C)c1c[c]c(OCc2ccccc2)cc1OCc1ccccc1. The average molecular weight is 329 g/mol. The highest BCUT2D eigenvalue weighted by Crippen LogP contribution is 2.30. The summed E-state index contributed by atoms with van der Waals surface area (Å²) in [6.07, 6.45) is 0. The van der Waals surface area contributed by atoms with Crippen molar-refractivity contribution in [3.8, 4) is 11.5 Å². The van der Waals surface area contributed by atoms with Crippen LogP contribution in [0.15, 0.2) is 79.4 Å². The first-order valence-corrected chi connectivity index (χ1v) is 8.27. The average Bonchev–Trinajstić information content (AvgIpc) is 2.66. The first kappa shape index (κ1) is 16.8. The number of hydrogen-bond acceptors (Lipinski definition) is 2. The second-order valence-electron chi connectivity index (χ2n) is 5.90. The minimum absolute atomic E-state index is 0.502. The maximum absolute atomic E-state index is 6.02. The Morgan fingerprint density at radius 3 is 2.00 bits per heavy atom. The van der Waals surface area contributed by atoms with Crippen LogP contribution in [0.25, 0.3) is 5.57 Å². The summed E-state index contributed by atoms with van der Waals surface area (Å²) in [6.45, 7) is 6.99. The number of ether oxygens (including phenoxy) is 2. The highest BCUT2D eigenvalue weighted by molar-refractivity contribution is 5.68. The Hall–Kier alpha value is -3.00. The summed E-state index contributed by atoms with van der Waals surface area (Å²) in [5.41, 5.74) is 4.12. The van der Waals surface area contributed by atoms with E-state index in [9.17, 15) is 0 Å². The highest BCUT2D eigenvalue weighted by atomic mass is 16.5. The molecule has 0 amide bonds. The van der Waals surface area contributed by atoms with Crippen molar-refractivity contribution in [3.63, 3.8) is 0 Å². The molecule has 2 nitrogen and oxygen atoms in total. The van der Waals surface area contributed by atoms with Crippen molar-refractivity contribution in [1.29, 1.82) is 0 Å². The first-order chi connectivity index (χ1) is 12.2. The molecule has 0 fully saturated rings. The van der Waals surface area contributed by atoms with Gasteiger partial charge < -0.3 is 9.47 Å². The molecule has 0 N–H and O–H groups in total. The van der Waals surface area contributed by atoms with Crippen molar-refractivity contribution >= 4 is 5.57 Å². The minimum Gasteiger partial charge on any atom is -0.488 e. The van der Waals surface area contributed by atoms with Crippen LogP contribution in [0, 0.1) is 6.07 Å². The van der Waals surface area contributed by atoms with E-state index in [0.717, 1.165) is 28.0 Å². The number of allylic oxidation sites excluding steroid dienone is 1. The second-order valence-corrected chi connectivity index (χ2v) is 5.90. The molecule has 0 atom stereocenters. The topological polar surface area (TPSA) is 18.5 Å². The molecule has 0 aliphatic carbocycles. The van der Waals surface area contributed by atoms with Gasteiger partial charge in [-0.1, -0.05) is 67.2 Å². The maximum Gasteiger partial charge on any atom is 0.131 e. The quantitative estimate of drug-likeness (QED) is 0.555. The molecule has 0 aromatic heterocycles. The molecule has 125 valence electrons. The Balaban J connectivity index is 1.73. The monoisotopic (exact) mass is 329 g/mol. The number of rotatable bonds is 7. The van der Waals surface area contributed by atoms with Gasteiger partial charge in [-0.3, -0.25) is 0 Å². The van der Waals surface area contributed by atoms with Gasteiger partial charge in [0.25, 0.3) is 0 Å². The van der Waals surface area contributed by atoms with Gasteiger partial charge in [-0.25, -0.2) is 0 Å². The molecule has 3 aromatic rings. The van der Waals surface area contributed by atoms with E-state index in [-0.39, 0.29) is 0 Å². The molecule has 0 spiro atoms. The summed E-state index contributed by atoms with van der Waals surface area (Å²) in [5.74, 6) is 1.43. The van der Waals surface area contributed by atoms with Crippen LogP contribution in [-0.2, 0) is 13.2 Å². The minimum atomic E-state index is 0.502. The van der Waals surface area contributed by atoms with Gasteiger partial charge in [0.05, 0.1) is 0 Å². The van der Waals surface area contributed by atoms with Crippen LogP contribution in [-0.4, -0.2) is 0 Å². The van der Waals surface area contributed by atoms with Gasteiger partial charge in [0.2, 0.25) is 0 Å². The van der Waals surface area contributed by atoms with E-state index in [1.54, 1.807) is 0 Å². The van der Waals surface area contributed by atoms with E-state index in [2.05, 4.69) is 12.6 Å². The van der Waals surface area contributed by atoms with Gasteiger partial charge in [-0.15, -0.1) is 0 Å². The Labute approximate surface area is 149 Å². The molecule has 0 unspecified atom stereocenters. The van der Waals surface area contributed by atoms with Crippen LogP contribution in [0.3, 0.4) is 0 Å². The third kappa shape index (κ3) is 4.74. The Kier molecular flexibility index (Phi) is 5.53. The maximum atomic E-state index is 6.02. The lowest BCUT2D eigenvalue weighted by Gasteiger charge is -2.14. The number of hydrogen-bond donors (Lipinski definition) is 0. The van der Waals surface area contributed by atoms with Gasteiger partial charge in [0.1, 0.15) is 24.7 Å². The fourth-order valence-electron chi connectivity index (χ4n) is 2.46. The summed E-state index contributed by atoms with van der Waals surface area (Å²) in [7, 11) is 0. The zero-order valence-electron chi connectivity index (χ0n) is 14.4. The Bertz CT molecular complexity index is 823. The molecule has 2 heteroatoms. The van der Waals surface area contributed by atoms with Gasteiger partial charge >= 0.3 is 0 Å². The summed E-state index contributed by atoms with van der Waals surface area (Å²) in [4.78, 5) is 0. The van der Waals surface area contributed by atoms with E-state index >= 15 is 0 Å². The van der Waals surface area contributed by atoms with Crippen molar-refractivity contribution in [2.45, 2.75) is 20.1 Å². The van der Waals surface area contributed by atoms with Gasteiger partial charge in [-0.05, 0) is 29.7 Å². The highest BCUT2D eigenvalue weighted by Gasteiger charge is 2.08. The molecule has 3 rings (SSSR count). The van der Waals surface area contributed by atoms with Crippen LogP contribution in [0.2, 0.25) is 0 Å². The van der Waals surface area contributed by atoms with Crippen LogP contribution >= 0.6 is 0 Å². The Morgan fingerprint density at radius 1 is 0.880 bits per heavy atom. The molecule has 1 radical (unpaired) electrons. The van der Waals surface area contributed by atoms with Crippen molar-refractivity contribution in [2.75, 3.05) is 0 Å². The lowest BCUT2D eigenvalue weighted by Crippen LogP contribution is -2.00. The molecule has 0 saturated carbocycles. The third-order valence-corrected chi connectivity index (χ3v) is 3.82. The fourth-order valence-corrected chi connectivity index (χ4v) is 2.46. The fraction of sp³-hybridized carbons (Fsp3) is 0.130. The molecule has 3 aromatic carbocycles. The first-order valence-electron chi connectivity index (χ1n) is 8.27. The van der Waals surface area contributed by atoms with Gasteiger partial charge in [0, 0.05) is 17.7 Å². The van der Waals surface area contributed by atoms with Gasteiger partial charge in [0.15, 0.2) is 0 Å².